The van der Waals surface area contributed by atoms with E-state index < -0.39 is 0 Å². The highest BCUT2D eigenvalue weighted by Crippen LogP contribution is 2.31. The molecule has 0 bridgehead atoms. The van der Waals surface area contributed by atoms with Crippen LogP contribution in [0.2, 0.25) is 0 Å². The summed E-state index contributed by atoms with van der Waals surface area (Å²) in [5.74, 6) is 0. The Kier molecular flexibility index (Phi) is 3.81. The van der Waals surface area contributed by atoms with E-state index in [9.17, 15) is 0 Å². The zero-order valence-electron chi connectivity index (χ0n) is 11.9. The van der Waals surface area contributed by atoms with Gasteiger partial charge in [-0.25, -0.2) is 0 Å². The largest absolute Gasteiger partial charge is 0.323 e. The van der Waals surface area contributed by atoms with Gasteiger partial charge in [0.25, 0.3) is 0 Å². The summed E-state index contributed by atoms with van der Waals surface area (Å²) >= 11 is 0. The number of benzene rings is 1. The van der Waals surface area contributed by atoms with Crippen molar-refractivity contribution in [2.45, 2.75) is 31.5 Å². The lowest BCUT2D eigenvalue weighted by Gasteiger charge is -2.37. The molecule has 0 aliphatic heterocycles. The number of aromatic nitrogens is 1. The van der Waals surface area contributed by atoms with Gasteiger partial charge in [0, 0.05) is 24.8 Å². The minimum atomic E-state index is 0.0914. The van der Waals surface area contributed by atoms with Gasteiger partial charge in [-0.05, 0) is 43.1 Å². The summed E-state index contributed by atoms with van der Waals surface area (Å²) in [4.78, 5) is 6.74. The van der Waals surface area contributed by atoms with Crippen LogP contribution in [-0.2, 0) is 13.0 Å². The molecule has 3 nitrogen and oxygen atoms in total. The topological polar surface area (TPSA) is 42.2 Å². The Hall–Kier alpha value is -1.71. The third-order valence-corrected chi connectivity index (χ3v) is 4.24. The van der Waals surface area contributed by atoms with Gasteiger partial charge in [0.15, 0.2) is 0 Å². The highest BCUT2D eigenvalue weighted by molar-refractivity contribution is 5.33. The van der Waals surface area contributed by atoms with E-state index in [1.54, 1.807) is 0 Å². The van der Waals surface area contributed by atoms with Gasteiger partial charge >= 0.3 is 0 Å². The van der Waals surface area contributed by atoms with Gasteiger partial charge < -0.3 is 5.73 Å². The van der Waals surface area contributed by atoms with E-state index in [2.05, 4.69) is 47.3 Å². The molecular formula is C17H21N3. The van der Waals surface area contributed by atoms with E-state index in [0.29, 0.717) is 6.04 Å². The van der Waals surface area contributed by atoms with Crippen molar-refractivity contribution >= 4 is 0 Å². The van der Waals surface area contributed by atoms with E-state index >= 15 is 0 Å². The maximum absolute atomic E-state index is 6.48. The van der Waals surface area contributed by atoms with E-state index in [0.717, 1.165) is 25.1 Å². The fourth-order valence-electron chi connectivity index (χ4n) is 3.14. The first kappa shape index (κ1) is 13.3. The minimum absolute atomic E-state index is 0.0914. The molecule has 2 N–H and O–H groups in total. The molecule has 104 valence electrons. The van der Waals surface area contributed by atoms with Crippen molar-refractivity contribution in [1.82, 2.24) is 9.88 Å². The molecule has 1 aliphatic rings. The predicted molar refractivity (Wildman–Crippen MR) is 81.2 cm³/mol. The molecule has 20 heavy (non-hydrogen) atoms. The average Bonchev–Trinajstić information content (AvgIpc) is 2.49. The van der Waals surface area contributed by atoms with E-state index in [-0.39, 0.29) is 6.04 Å². The molecule has 0 radical (unpaired) electrons. The lowest BCUT2D eigenvalue weighted by atomic mass is 9.84. The molecule has 0 saturated carbocycles. The van der Waals surface area contributed by atoms with Crippen molar-refractivity contribution in [3.05, 3.63) is 65.5 Å². The predicted octanol–water partition coefficient (Wildman–Crippen LogP) is 2.53. The molecule has 1 heterocycles. The Morgan fingerprint density at radius 3 is 2.80 bits per heavy atom. The summed E-state index contributed by atoms with van der Waals surface area (Å²) < 4.78 is 0. The number of aryl methyl sites for hydroxylation is 1. The highest BCUT2D eigenvalue weighted by atomic mass is 15.2. The fraction of sp³-hybridized carbons (Fsp3) is 0.353. The van der Waals surface area contributed by atoms with Crippen LogP contribution in [0.1, 0.15) is 29.3 Å². The number of nitrogens with zero attached hydrogens (tertiary/aromatic N) is 2. The first-order valence-corrected chi connectivity index (χ1v) is 7.19. The Bertz CT molecular complexity index is 567. The Labute approximate surface area is 120 Å². The second kappa shape index (κ2) is 5.73. The van der Waals surface area contributed by atoms with Gasteiger partial charge in [-0.3, -0.25) is 9.88 Å². The molecule has 0 fully saturated rings. The minimum Gasteiger partial charge on any atom is -0.323 e. The summed E-state index contributed by atoms with van der Waals surface area (Å²) in [5, 5.41) is 0. The van der Waals surface area contributed by atoms with Crippen LogP contribution in [-0.4, -0.2) is 23.0 Å². The quantitative estimate of drug-likeness (QED) is 0.929. The summed E-state index contributed by atoms with van der Waals surface area (Å²) in [7, 11) is 2.15. The molecule has 1 aromatic heterocycles. The van der Waals surface area contributed by atoms with Gasteiger partial charge in [0.2, 0.25) is 0 Å². The molecule has 0 spiro atoms. The van der Waals surface area contributed by atoms with Gasteiger partial charge in [-0.1, -0.05) is 30.3 Å². The zero-order chi connectivity index (χ0) is 13.9. The molecule has 2 aromatic rings. The maximum atomic E-state index is 6.48. The Morgan fingerprint density at radius 2 is 2.00 bits per heavy atom. The molecule has 2 unspecified atom stereocenters. The van der Waals surface area contributed by atoms with E-state index in [1.165, 1.54) is 11.1 Å². The van der Waals surface area contributed by atoms with Gasteiger partial charge in [-0.15, -0.1) is 0 Å². The van der Waals surface area contributed by atoms with Crippen LogP contribution in [0, 0.1) is 0 Å². The lowest BCUT2D eigenvalue weighted by Crippen LogP contribution is -2.43. The van der Waals surface area contributed by atoms with Crippen LogP contribution in [0.4, 0.5) is 0 Å². The van der Waals surface area contributed by atoms with Gasteiger partial charge in [0.1, 0.15) is 0 Å². The summed E-state index contributed by atoms with van der Waals surface area (Å²) in [6, 6.07) is 15.1. The fourth-order valence-corrected chi connectivity index (χ4v) is 3.14. The van der Waals surface area contributed by atoms with Crippen LogP contribution < -0.4 is 5.73 Å². The first-order chi connectivity index (χ1) is 9.75. The third kappa shape index (κ3) is 2.60. The molecule has 3 rings (SSSR count). The number of hydrogen-bond donors (Lipinski definition) is 1. The van der Waals surface area contributed by atoms with Crippen LogP contribution in [0.15, 0.2) is 48.7 Å². The smallest absolute Gasteiger partial charge is 0.0543 e. The maximum Gasteiger partial charge on any atom is 0.0543 e. The lowest BCUT2D eigenvalue weighted by molar-refractivity contribution is 0.182. The van der Waals surface area contributed by atoms with Crippen molar-refractivity contribution in [3.63, 3.8) is 0 Å². The highest BCUT2D eigenvalue weighted by Gasteiger charge is 2.29. The Morgan fingerprint density at radius 1 is 1.20 bits per heavy atom. The van der Waals surface area contributed by atoms with Crippen LogP contribution in [0.5, 0.6) is 0 Å². The number of nitrogens with two attached hydrogens (primary N) is 1. The first-order valence-electron chi connectivity index (χ1n) is 7.19. The average molecular weight is 267 g/mol. The summed E-state index contributed by atoms with van der Waals surface area (Å²) in [6.07, 6.45) is 4.07. The van der Waals surface area contributed by atoms with Crippen molar-refractivity contribution in [3.8, 4) is 0 Å². The Balaban J connectivity index is 1.75. The summed E-state index contributed by atoms with van der Waals surface area (Å²) in [6.45, 7) is 0.849. The van der Waals surface area contributed by atoms with Crippen LogP contribution in [0.3, 0.4) is 0 Å². The van der Waals surface area contributed by atoms with E-state index in [1.807, 2.05) is 18.3 Å². The van der Waals surface area contributed by atoms with Crippen molar-refractivity contribution in [2.24, 2.45) is 5.73 Å². The molecule has 3 heteroatoms. The molecule has 1 aromatic carbocycles. The molecule has 0 saturated heterocycles. The third-order valence-electron chi connectivity index (χ3n) is 4.24. The van der Waals surface area contributed by atoms with Gasteiger partial charge in [0.05, 0.1) is 5.69 Å². The number of hydrogen-bond acceptors (Lipinski definition) is 3. The van der Waals surface area contributed by atoms with E-state index in [4.69, 9.17) is 5.73 Å². The standard InChI is InChI=1S/C17H21N3/c1-20(12-14-7-4-5-11-19-14)16-10-9-13-6-2-3-8-15(13)17(16)18/h2-8,11,16-17H,9-10,12,18H2,1H3. The summed E-state index contributed by atoms with van der Waals surface area (Å²) in [5.41, 5.74) is 10.3. The second-order valence-electron chi connectivity index (χ2n) is 5.57. The SMILES string of the molecule is CN(Cc1ccccn1)C1CCc2ccccc2C1N. The molecular weight excluding hydrogens is 246 g/mol. The number of likely N-dealkylation sites (N-methyl/N-ethyl adjacent to an activating group) is 1. The van der Waals surface area contributed by atoms with Crippen molar-refractivity contribution in [2.75, 3.05) is 7.05 Å². The number of rotatable bonds is 3. The van der Waals surface area contributed by atoms with Gasteiger partial charge in [-0.2, -0.15) is 0 Å². The molecule has 2 atom stereocenters. The monoisotopic (exact) mass is 267 g/mol. The zero-order valence-corrected chi connectivity index (χ0v) is 11.9. The molecule has 1 aliphatic carbocycles. The number of pyridine rings is 1. The van der Waals surface area contributed by atoms with Crippen molar-refractivity contribution in [1.29, 1.82) is 0 Å². The van der Waals surface area contributed by atoms with Crippen LogP contribution in [0.25, 0.3) is 0 Å². The normalized spacial score (nSPS) is 21.8. The van der Waals surface area contributed by atoms with Crippen molar-refractivity contribution < 1.29 is 0 Å². The number of fused-ring (bicyclic) bond motifs is 1. The second-order valence-corrected chi connectivity index (χ2v) is 5.57. The van der Waals surface area contributed by atoms with Crippen LogP contribution >= 0.6 is 0 Å². The molecule has 0 amide bonds.